The van der Waals surface area contributed by atoms with Crippen LogP contribution in [-0.4, -0.2) is 122 Å². The summed E-state index contributed by atoms with van der Waals surface area (Å²) in [5, 5.41) is 57.4. The van der Waals surface area contributed by atoms with Crippen LogP contribution in [-0.2, 0) is 31.4 Å². The minimum absolute atomic E-state index is 0.0812. The van der Waals surface area contributed by atoms with Crippen molar-refractivity contribution in [1.29, 1.82) is 0 Å². The van der Waals surface area contributed by atoms with E-state index in [4.69, 9.17) is 5.11 Å². The molecule has 4 N–H and O–H groups in total. The van der Waals surface area contributed by atoms with Crippen LogP contribution in [0.1, 0.15) is 49.4 Å². The zero-order chi connectivity index (χ0) is 56.5. The molecule has 0 aliphatic heterocycles. The molecule has 0 fully saturated rings. The van der Waals surface area contributed by atoms with Gasteiger partial charge in [-0.05, 0) is 112 Å². The molecule has 8 rings (SSSR count). The molecule has 0 spiro atoms. The monoisotopic (exact) mass is 1180 g/mol. The summed E-state index contributed by atoms with van der Waals surface area (Å²) < 4.78 is 77.0. The van der Waals surface area contributed by atoms with Gasteiger partial charge in [-0.25, -0.2) is 34.8 Å². The van der Waals surface area contributed by atoms with Gasteiger partial charge in [0, 0.05) is 54.0 Å². The van der Waals surface area contributed by atoms with E-state index in [0.29, 0.717) is 67.2 Å². The van der Waals surface area contributed by atoms with Gasteiger partial charge in [-0.15, -0.1) is 20.4 Å². The second kappa shape index (κ2) is 27.3. The molecular weight excluding hydrogens is 1130 g/mol. The molecule has 3 amide bonds. The van der Waals surface area contributed by atoms with Gasteiger partial charge in [-0.2, -0.15) is 9.36 Å². The summed E-state index contributed by atoms with van der Waals surface area (Å²) in [6, 6.07) is 31.7. The Labute approximate surface area is 456 Å². The van der Waals surface area contributed by atoms with Crippen LogP contribution in [0.25, 0.3) is 17.1 Å². The molecule has 408 valence electrons. The number of carboxylic acids is 1. The van der Waals surface area contributed by atoms with Gasteiger partial charge in [0.1, 0.15) is 6.33 Å². The number of nitrogens with zero attached hydrogens (tertiary/aromatic N) is 12. The van der Waals surface area contributed by atoms with E-state index < -0.39 is 37.5 Å². The van der Waals surface area contributed by atoms with E-state index in [0.717, 1.165) is 44.1 Å². The molecule has 3 aromatic heterocycles. The maximum Gasteiger partial charge on any atom is 0.335 e. The van der Waals surface area contributed by atoms with Crippen LogP contribution in [0, 0.1) is 10.1 Å². The highest BCUT2D eigenvalue weighted by molar-refractivity contribution is 8.72. The summed E-state index contributed by atoms with van der Waals surface area (Å²) >= 11 is 0. The Morgan fingerprint density at radius 1 is 0.641 bits per heavy atom. The topological polar surface area (TPSA) is 371 Å². The molecule has 33 heteroatoms. The second-order valence-corrected chi connectivity index (χ2v) is 27.4. The summed E-state index contributed by atoms with van der Waals surface area (Å²) in [7, 11) is -7.85. The number of benzene rings is 5. The molecule has 27 nitrogen and oxygen atoms in total. The largest absolute Gasteiger partial charge is 0.478 e. The van der Waals surface area contributed by atoms with Gasteiger partial charge in [0.15, 0.2) is 0 Å². The highest BCUT2D eigenvalue weighted by Gasteiger charge is 2.24. The maximum atomic E-state index is 12.8. The average molecular weight is 1180 g/mol. The van der Waals surface area contributed by atoms with Crippen molar-refractivity contribution in [1.82, 2.24) is 60.5 Å². The van der Waals surface area contributed by atoms with E-state index in [9.17, 15) is 49.8 Å². The Morgan fingerprint density at radius 3 is 1.79 bits per heavy atom. The van der Waals surface area contributed by atoms with Gasteiger partial charge >= 0.3 is 12.0 Å². The number of anilines is 2. The fraction of sp³-hybridized carbons (Fsp3) is 0.178. The third kappa shape index (κ3) is 17.2. The smallest absolute Gasteiger partial charge is 0.335 e. The van der Waals surface area contributed by atoms with Crippen LogP contribution in [0.2, 0.25) is 0 Å². The molecule has 78 heavy (non-hydrogen) atoms. The van der Waals surface area contributed by atoms with Crippen LogP contribution >= 0.6 is 32.4 Å². The van der Waals surface area contributed by atoms with Gasteiger partial charge in [0.25, 0.3) is 5.69 Å². The molecule has 5 aromatic carbocycles. The molecule has 0 radical (unpaired) electrons. The predicted molar refractivity (Wildman–Crippen MR) is 288 cm³/mol. The fourth-order valence-corrected chi connectivity index (χ4v) is 13.2. The third-order valence-electron chi connectivity index (χ3n) is 9.96. The molecule has 0 saturated carbocycles. The van der Waals surface area contributed by atoms with Crippen LogP contribution < -0.4 is 16.0 Å². The first-order valence-electron chi connectivity index (χ1n) is 22.5. The number of nitro groups is 1. The van der Waals surface area contributed by atoms with Crippen LogP contribution in [0.3, 0.4) is 0 Å². The van der Waals surface area contributed by atoms with E-state index in [2.05, 4.69) is 64.1 Å². The van der Waals surface area contributed by atoms with Crippen molar-refractivity contribution in [2.45, 2.75) is 64.3 Å². The number of aromatic nitrogens is 11. The third-order valence-corrected chi connectivity index (χ3v) is 18.4. The number of urea groups is 1. The first kappa shape index (κ1) is 59.1. The number of hydrogen-bond donors (Lipinski definition) is 4. The zero-order valence-corrected chi connectivity index (χ0v) is 45.9. The normalized spacial score (nSPS) is 11.3. The Bertz CT molecular complexity index is 3720. The number of hydrogen-bond acceptors (Lipinski definition) is 22. The number of tetrazole rings is 2. The van der Waals surface area contributed by atoms with Gasteiger partial charge in [-0.1, -0.05) is 56.5 Å². The SMILES string of the molecule is CCCCCCC(=O)Nc1cccc(-n2cnnc2SS(=O)(=O)c2ccc([N+](=O)[O-])cc2)c1.CNC(=O)Nc1cccc(-n2nnnc2SS(=O)(=O)c2ccccc2)c1.CS(=O)(=O)Sc1nnnn1-c1ccc(C(=O)O)cc1. The number of aromatic carboxylic acids is 1. The van der Waals surface area contributed by atoms with Crippen LogP contribution in [0.4, 0.5) is 21.9 Å². The molecule has 3 heterocycles. The number of non-ortho nitro benzene ring substituents is 1. The molecule has 0 atom stereocenters. The van der Waals surface area contributed by atoms with Crippen molar-refractivity contribution in [3.05, 3.63) is 149 Å². The molecule has 0 aliphatic rings. The second-order valence-electron chi connectivity index (χ2n) is 15.7. The summed E-state index contributed by atoms with van der Waals surface area (Å²) in [6.07, 6.45) is 6.89. The number of unbranched alkanes of at least 4 members (excludes halogenated alkanes) is 3. The number of rotatable bonds is 20. The van der Waals surface area contributed by atoms with Gasteiger partial charge in [0.2, 0.25) is 48.0 Å². The van der Waals surface area contributed by atoms with E-state index in [1.807, 2.05) is 0 Å². The fourth-order valence-electron chi connectivity index (χ4n) is 6.32. The molecule has 8 aromatic rings. The number of carboxylic acid groups (broad SMARTS) is 1. The lowest BCUT2D eigenvalue weighted by molar-refractivity contribution is -0.384. The van der Waals surface area contributed by atoms with Crippen molar-refractivity contribution >= 4 is 94.0 Å². The zero-order valence-electron chi connectivity index (χ0n) is 41.0. The predicted octanol–water partition coefficient (Wildman–Crippen LogP) is 6.87. The van der Waals surface area contributed by atoms with Gasteiger partial charge in [-0.3, -0.25) is 19.5 Å². The first-order valence-corrected chi connectivity index (χ1v) is 31.4. The quantitative estimate of drug-likeness (QED) is 0.0261. The molecular formula is C45H45N15O12S6. The molecule has 0 unspecified atom stereocenters. The van der Waals surface area contributed by atoms with Crippen molar-refractivity contribution in [2.24, 2.45) is 0 Å². The number of amides is 3. The van der Waals surface area contributed by atoms with E-state index in [1.165, 1.54) is 75.8 Å². The molecule has 0 bridgehead atoms. The Morgan fingerprint density at radius 2 is 1.21 bits per heavy atom. The minimum Gasteiger partial charge on any atom is -0.478 e. The Balaban J connectivity index is 0.000000196. The van der Waals surface area contributed by atoms with Crippen molar-refractivity contribution in [3.8, 4) is 17.1 Å². The van der Waals surface area contributed by atoms with E-state index >= 15 is 0 Å². The minimum atomic E-state index is -3.90. The summed E-state index contributed by atoms with van der Waals surface area (Å²) in [5.41, 5.74) is 2.57. The Hall–Kier alpha value is -8.11. The maximum absolute atomic E-state index is 12.8. The van der Waals surface area contributed by atoms with Crippen molar-refractivity contribution < 1.29 is 49.7 Å². The summed E-state index contributed by atoms with van der Waals surface area (Å²) in [6.45, 7) is 2.11. The lowest BCUT2D eigenvalue weighted by atomic mass is 10.1. The molecule has 0 saturated heterocycles. The van der Waals surface area contributed by atoms with Gasteiger partial charge < -0.3 is 21.1 Å². The van der Waals surface area contributed by atoms with E-state index in [-0.39, 0.29) is 48.4 Å². The van der Waals surface area contributed by atoms with E-state index in [1.54, 1.807) is 66.7 Å². The first-order chi connectivity index (χ1) is 37.2. The number of carbonyl (C=O) groups is 3. The lowest BCUT2D eigenvalue weighted by Gasteiger charge is -2.10. The summed E-state index contributed by atoms with van der Waals surface area (Å²) in [4.78, 5) is 44.6. The highest BCUT2D eigenvalue weighted by atomic mass is 33.1. The van der Waals surface area contributed by atoms with Crippen molar-refractivity contribution in [3.63, 3.8) is 0 Å². The molecule has 0 aliphatic carbocycles. The highest BCUT2D eigenvalue weighted by Crippen LogP contribution is 2.33. The number of nitrogens with one attached hydrogen (secondary N) is 3. The number of nitro benzene ring substituents is 1. The van der Waals surface area contributed by atoms with Gasteiger partial charge in [0.05, 0.1) is 58.9 Å². The Kier molecular flexibility index (Phi) is 20.7. The lowest BCUT2D eigenvalue weighted by Crippen LogP contribution is -2.24. The summed E-state index contributed by atoms with van der Waals surface area (Å²) in [5.74, 6) is -1.13. The number of carbonyl (C=O) groups excluding carboxylic acids is 2. The van der Waals surface area contributed by atoms with Crippen LogP contribution in [0.15, 0.2) is 159 Å². The average Bonchev–Trinajstić information content (AvgIpc) is 4.20. The van der Waals surface area contributed by atoms with Crippen molar-refractivity contribution in [2.75, 3.05) is 23.9 Å². The standard InChI is InChI=1S/C21H23N5O5S2.C15H14N6O3S2.C9H8N4O4S2/c1-2-3-4-5-9-20(27)23-16-7-6-8-18(14-16)25-15-22-24-21(25)32-33(30,31)19-12-10-17(11-13-19)26(28)29;1-16-14(22)17-11-6-5-7-12(10-11)21-15(18-19-20-21)25-26(23,24)13-8-3-2-4-9-13;1-19(16,17)18-9-10-11-12-13(9)7-4-2-6(3-5-7)8(14)15/h6-8,10-15H,2-5,9H2,1H3,(H,23,27);2-10H,1H3,(H2,16,17,22);2-5H,1H3,(H,14,15). The van der Waals surface area contributed by atoms with Crippen LogP contribution in [0.5, 0.6) is 0 Å².